The van der Waals surface area contributed by atoms with Gasteiger partial charge < -0.3 is 21.5 Å². The minimum Gasteiger partial charge on any atom is -0.513 e. The molecule has 2 aliphatic rings. The lowest BCUT2D eigenvalue weighted by Crippen LogP contribution is -2.50. The Morgan fingerprint density at radius 1 is 1.12 bits per heavy atom. The van der Waals surface area contributed by atoms with Gasteiger partial charge in [0.25, 0.3) is 0 Å². The van der Waals surface area contributed by atoms with E-state index in [4.69, 9.17) is 5.73 Å². The number of carbonyl (C=O) groups is 1. The van der Waals surface area contributed by atoms with Crippen LogP contribution in [0.3, 0.4) is 0 Å². The summed E-state index contributed by atoms with van der Waals surface area (Å²) in [4.78, 5) is 23.9. The second-order valence-corrected chi connectivity index (χ2v) is 11.2. The van der Waals surface area contributed by atoms with Crippen LogP contribution in [0, 0.1) is 5.92 Å². The monoisotopic (exact) mass is 580 g/mol. The van der Waals surface area contributed by atoms with Gasteiger partial charge >= 0.3 is 6.18 Å². The average molecular weight is 581 g/mol. The van der Waals surface area contributed by atoms with Crippen LogP contribution in [-0.4, -0.2) is 44.1 Å². The van der Waals surface area contributed by atoms with Crippen molar-refractivity contribution in [3.63, 3.8) is 0 Å². The first kappa shape index (κ1) is 29.5. The average Bonchev–Trinajstić information content (AvgIpc) is 3.34. The van der Waals surface area contributed by atoms with Crippen molar-refractivity contribution >= 4 is 23.1 Å². The molecule has 1 fully saturated rings. The highest BCUT2D eigenvalue weighted by atomic mass is 19.4. The zero-order chi connectivity index (χ0) is 30.2. The molecule has 3 atom stereocenters. The summed E-state index contributed by atoms with van der Waals surface area (Å²) >= 11 is 0. The molecule has 2 aromatic carbocycles. The molecule has 2 heterocycles. The number of aromatic nitrogens is 2. The summed E-state index contributed by atoms with van der Waals surface area (Å²) in [7, 11) is 0. The fraction of sp³-hybridized carbons (Fsp3) is 0.387. The van der Waals surface area contributed by atoms with Crippen LogP contribution >= 0.6 is 0 Å². The number of benzene rings is 2. The number of alkyl halides is 3. The molecule has 3 aromatic rings. The van der Waals surface area contributed by atoms with E-state index in [0.29, 0.717) is 36.3 Å². The third-order valence-corrected chi connectivity index (χ3v) is 8.15. The first-order valence-electron chi connectivity index (χ1n) is 14.1. The predicted octanol–water partition coefficient (Wildman–Crippen LogP) is 6.18. The van der Waals surface area contributed by atoms with E-state index in [-0.39, 0.29) is 29.6 Å². The number of nitrogens with one attached hydrogen (secondary N) is 2. The van der Waals surface area contributed by atoms with Crippen LogP contribution in [0.4, 0.5) is 30.4 Å². The first-order chi connectivity index (χ1) is 19.9. The molecule has 1 aliphatic heterocycles. The highest BCUT2D eigenvalue weighted by Crippen LogP contribution is 2.38. The van der Waals surface area contributed by atoms with Gasteiger partial charge in [0.1, 0.15) is 12.1 Å². The number of allylic oxidation sites excluding steroid dienone is 1. The van der Waals surface area contributed by atoms with Gasteiger partial charge in [-0.3, -0.25) is 9.69 Å². The van der Waals surface area contributed by atoms with E-state index in [2.05, 4.69) is 33.2 Å². The van der Waals surface area contributed by atoms with Crippen LogP contribution in [0.25, 0.3) is 11.3 Å². The van der Waals surface area contributed by atoms with E-state index in [1.54, 1.807) is 6.07 Å². The molecule has 1 aliphatic carbocycles. The van der Waals surface area contributed by atoms with Gasteiger partial charge in [0, 0.05) is 29.3 Å². The normalized spacial score (nSPS) is 20.8. The van der Waals surface area contributed by atoms with E-state index in [9.17, 15) is 23.1 Å². The smallest absolute Gasteiger partial charge is 0.416 e. The van der Waals surface area contributed by atoms with Gasteiger partial charge in [0.2, 0.25) is 5.91 Å². The molecule has 5 N–H and O–H groups in total. The molecular weight excluding hydrogens is 545 g/mol. The number of nitrogens with zero attached hydrogens (tertiary/aromatic N) is 3. The number of amides is 1. The van der Waals surface area contributed by atoms with Gasteiger partial charge in [-0.1, -0.05) is 24.8 Å². The largest absolute Gasteiger partial charge is 0.513 e. The number of nitrogens with two attached hydrogens (primary N) is 1. The minimum atomic E-state index is -4.60. The van der Waals surface area contributed by atoms with Gasteiger partial charge in [-0.15, -0.1) is 0 Å². The van der Waals surface area contributed by atoms with Crippen molar-refractivity contribution in [3.05, 3.63) is 77.8 Å². The van der Waals surface area contributed by atoms with Crippen LogP contribution < -0.4 is 16.4 Å². The Labute approximate surface area is 242 Å². The summed E-state index contributed by atoms with van der Waals surface area (Å²) in [6.45, 7) is 7.57. The molecule has 11 heteroatoms. The quantitative estimate of drug-likeness (QED) is 0.247. The van der Waals surface area contributed by atoms with Crippen molar-refractivity contribution in [3.8, 4) is 11.3 Å². The van der Waals surface area contributed by atoms with Crippen molar-refractivity contribution in [1.29, 1.82) is 0 Å². The van der Waals surface area contributed by atoms with Gasteiger partial charge in [-0.05, 0) is 75.3 Å². The Bertz CT molecular complexity index is 1490. The van der Waals surface area contributed by atoms with Crippen LogP contribution in [0.15, 0.2) is 61.1 Å². The van der Waals surface area contributed by atoms with Crippen molar-refractivity contribution in [2.24, 2.45) is 11.7 Å². The Balaban J connectivity index is 1.47. The number of hydrogen-bond acceptors (Lipinski definition) is 7. The number of halogens is 3. The molecule has 1 saturated heterocycles. The second-order valence-electron chi connectivity index (χ2n) is 11.2. The summed E-state index contributed by atoms with van der Waals surface area (Å²) in [5, 5.41) is 16.0. The predicted molar refractivity (Wildman–Crippen MR) is 156 cm³/mol. The lowest BCUT2D eigenvalue weighted by molar-refractivity contribution is -0.137. The molecule has 222 valence electrons. The lowest BCUT2D eigenvalue weighted by Gasteiger charge is -2.31. The third kappa shape index (κ3) is 6.12. The first-order valence-corrected chi connectivity index (χ1v) is 14.1. The van der Waals surface area contributed by atoms with Crippen LogP contribution in [0.2, 0.25) is 0 Å². The minimum absolute atomic E-state index is 0.00467. The number of hydrogen-bond donors (Lipinski definition) is 4. The molecule has 8 nitrogen and oxygen atoms in total. The fourth-order valence-electron chi connectivity index (χ4n) is 6.03. The van der Waals surface area contributed by atoms with E-state index >= 15 is 0 Å². The second kappa shape index (κ2) is 11.7. The lowest BCUT2D eigenvalue weighted by atomic mass is 9.82. The number of aryl methyl sites for hydroxylation is 1. The maximum absolute atomic E-state index is 13.7. The molecule has 0 bridgehead atoms. The van der Waals surface area contributed by atoms with Crippen LogP contribution in [0.5, 0.6) is 0 Å². The maximum atomic E-state index is 13.7. The third-order valence-electron chi connectivity index (χ3n) is 8.15. The summed E-state index contributed by atoms with van der Waals surface area (Å²) < 4.78 is 41.1. The summed E-state index contributed by atoms with van der Waals surface area (Å²) in [6, 6.07) is 10.2. The van der Waals surface area contributed by atoms with Crippen molar-refractivity contribution < 1.29 is 23.1 Å². The highest BCUT2D eigenvalue weighted by molar-refractivity contribution is 5.98. The number of aliphatic hydroxyl groups excluding tert-OH is 1. The van der Waals surface area contributed by atoms with E-state index in [1.807, 2.05) is 30.9 Å². The van der Waals surface area contributed by atoms with Crippen molar-refractivity contribution in [1.82, 2.24) is 14.9 Å². The molecule has 1 aromatic heterocycles. The molecule has 42 heavy (non-hydrogen) atoms. The van der Waals surface area contributed by atoms with Gasteiger partial charge in [-0.25, -0.2) is 9.97 Å². The topological polar surface area (TPSA) is 116 Å². The fourth-order valence-corrected chi connectivity index (χ4v) is 6.03. The van der Waals surface area contributed by atoms with E-state index < -0.39 is 23.7 Å². The summed E-state index contributed by atoms with van der Waals surface area (Å²) in [5.41, 5.74) is 9.03. The summed E-state index contributed by atoms with van der Waals surface area (Å²) in [6.07, 6.45) is -0.209. The van der Waals surface area contributed by atoms with Crippen LogP contribution in [-0.2, 0) is 23.8 Å². The maximum Gasteiger partial charge on any atom is 0.416 e. The van der Waals surface area contributed by atoms with Gasteiger partial charge in [-0.2, -0.15) is 13.2 Å². The van der Waals surface area contributed by atoms with Gasteiger partial charge in [0.15, 0.2) is 0 Å². The Morgan fingerprint density at radius 2 is 1.90 bits per heavy atom. The van der Waals surface area contributed by atoms with Crippen LogP contribution in [0.1, 0.15) is 49.8 Å². The number of anilines is 3. The molecule has 2 unspecified atom stereocenters. The zero-order valence-electron chi connectivity index (χ0n) is 23.6. The zero-order valence-corrected chi connectivity index (χ0v) is 23.6. The number of rotatable bonds is 7. The molecule has 0 radical (unpaired) electrons. The molecular formula is C31H35F3N6O2. The highest BCUT2D eigenvalue weighted by Gasteiger charge is 2.38. The molecule has 5 rings (SSSR count). The Morgan fingerprint density at radius 3 is 2.62 bits per heavy atom. The number of carbonyl (C=O) groups excluding carboxylic acids is 1. The number of likely N-dealkylation sites (tertiary alicyclic amines) is 1. The molecule has 0 spiro atoms. The van der Waals surface area contributed by atoms with Gasteiger partial charge in [0.05, 0.1) is 34.9 Å². The molecule has 1 amide bonds. The van der Waals surface area contributed by atoms with E-state index in [1.165, 1.54) is 18.0 Å². The van der Waals surface area contributed by atoms with Crippen molar-refractivity contribution in [2.75, 3.05) is 10.6 Å². The Hall–Kier alpha value is -3.96. The number of fused-ring (bicyclic) bond motifs is 1. The standard InChI is InChI=1S/C31H35F3N6O2/c1-17(2)40-27(11-12-28(40)35)30(42)39-26-14-21(31(32,33)34)9-10-22(26)25-15-29(37-16-36-25)38-24-6-4-5-19-7-8-20(18(3)41)13-23(19)24/h4-6,9-10,14-17,20,27-28,41H,3,7-8,11-13,35H2,1-2H3,(H,39,42)(H,36,37,38)/t20?,27-,28?/m0/s1. The summed E-state index contributed by atoms with van der Waals surface area (Å²) in [5.74, 6) is 0.136. The van der Waals surface area contributed by atoms with E-state index in [0.717, 1.165) is 36.2 Å². The van der Waals surface area contributed by atoms with Crippen molar-refractivity contribution in [2.45, 2.75) is 70.4 Å². The number of aliphatic hydroxyl groups is 1. The molecule has 0 saturated carbocycles. The Kier molecular flexibility index (Phi) is 8.25. The SMILES string of the molecule is C=C(O)C1CCc2cccc(Nc3cc(-c4ccc(C(F)(F)F)cc4NC(=O)[C@@H]4CCC(N)N4C(C)C)ncn3)c2C1.